The van der Waals surface area contributed by atoms with Crippen LogP contribution in [0.5, 0.6) is 0 Å². The van der Waals surface area contributed by atoms with Gasteiger partial charge in [-0.15, -0.1) is 0 Å². The lowest BCUT2D eigenvalue weighted by atomic mass is 9.76. The van der Waals surface area contributed by atoms with Gasteiger partial charge >= 0.3 is 0 Å². The fourth-order valence-electron chi connectivity index (χ4n) is 4.81. The van der Waals surface area contributed by atoms with Gasteiger partial charge < -0.3 is 15.1 Å². The van der Waals surface area contributed by atoms with E-state index in [1.807, 2.05) is 31.1 Å². The van der Waals surface area contributed by atoms with Crippen LogP contribution in [0, 0.1) is 11.8 Å². The first-order valence-corrected chi connectivity index (χ1v) is 14.2. The number of hydrogen-bond acceptors (Lipinski definition) is 8. The molecule has 1 N–H and O–H groups in total. The Bertz CT molecular complexity index is 1020. The molecule has 2 aliphatic heterocycles. The molecule has 7 nitrogen and oxygen atoms in total. The third-order valence-electron chi connectivity index (χ3n) is 6.48. The first kappa shape index (κ1) is 22.9. The average molecular weight is 529 g/mol. The fourth-order valence-corrected chi connectivity index (χ4v) is 7.63. The third-order valence-corrected chi connectivity index (χ3v) is 9.30. The molecule has 10 heteroatoms. The second kappa shape index (κ2) is 9.33. The Hall–Kier alpha value is -1.23. The van der Waals surface area contributed by atoms with Crippen molar-refractivity contribution in [1.29, 1.82) is 0 Å². The molecular weight excluding hydrogens is 498 g/mol. The van der Waals surface area contributed by atoms with Crippen LogP contribution in [0.4, 0.5) is 11.1 Å². The first-order chi connectivity index (χ1) is 14.7. The number of halogens is 1. The number of aromatic nitrogens is 2. The monoisotopic (exact) mass is 527 g/mol. The van der Waals surface area contributed by atoms with Crippen molar-refractivity contribution >= 4 is 48.4 Å². The number of anilines is 2. The van der Waals surface area contributed by atoms with E-state index in [2.05, 4.69) is 30.5 Å². The van der Waals surface area contributed by atoms with E-state index in [9.17, 15) is 8.42 Å². The molecule has 2 fully saturated rings. The summed E-state index contributed by atoms with van der Waals surface area (Å²) in [5.41, 5.74) is 1.12. The largest absolute Gasteiger partial charge is 0.346 e. The topological polar surface area (TPSA) is 78.4 Å². The van der Waals surface area contributed by atoms with Gasteiger partial charge in [0.25, 0.3) is 0 Å². The van der Waals surface area contributed by atoms with E-state index in [4.69, 9.17) is 4.98 Å². The van der Waals surface area contributed by atoms with Crippen molar-refractivity contribution in [2.45, 2.75) is 36.6 Å². The van der Waals surface area contributed by atoms with Crippen LogP contribution in [0.2, 0.25) is 0 Å². The molecule has 4 rings (SSSR count). The zero-order valence-corrected chi connectivity index (χ0v) is 21.4. The third kappa shape index (κ3) is 5.07. The van der Waals surface area contributed by atoms with Gasteiger partial charge in [0.05, 0.1) is 10.9 Å². The minimum Gasteiger partial charge on any atom is -0.346 e. The molecule has 1 unspecified atom stereocenters. The molecule has 0 amide bonds. The minimum absolute atomic E-state index is 0.154. The number of benzene rings is 1. The maximum Gasteiger partial charge on any atom is 0.238 e. The smallest absolute Gasteiger partial charge is 0.238 e. The Morgan fingerprint density at radius 1 is 1.19 bits per heavy atom. The summed E-state index contributed by atoms with van der Waals surface area (Å²) in [6.45, 7) is 3.15. The van der Waals surface area contributed by atoms with E-state index in [1.54, 1.807) is 6.07 Å². The van der Waals surface area contributed by atoms with Gasteiger partial charge in [-0.25, -0.2) is 8.42 Å². The van der Waals surface area contributed by atoms with Gasteiger partial charge in [-0.1, -0.05) is 6.07 Å². The molecule has 3 heterocycles. The van der Waals surface area contributed by atoms with Crippen LogP contribution >= 0.6 is 27.5 Å². The number of rotatable bonds is 5. The SMILES string of the molecule is CN(C)c1nsc(N2CCC(C3CCNCC3)C[C@@H]2c2ccc(S(C)(=O)=O)c(Br)c2)n1. The average Bonchev–Trinajstić information content (AvgIpc) is 3.23. The predicted molar refractivity (Wildman–Crippen MR) is 130 cm³/mol. The highest BCUT2D eigenvalue weighted by atomic mass is 79.9. The predicted octanol–water partition coefficient (Wildman–Crippen LogP) is 3.73. The summed E-state index contributed by atoms with van der Waals surface area (Å²) in [6, 6.07) is 5.83. The molecule has 1 aromatic heterocycles. The Labute approximate surface area is 197 Å². The summed E-state index contributed by atoms with van der Waals surface area (Å²) in [7, 11) is 0.630. The van der Waals surface area contributed by atoms with Crippen LogP contribution in [-0.4, -0.2) is 57.8 Å². The van der Waals surface area contributed by atoms with Gasteiger partial charge in [0, 0.05) is 42.9 Å². The molecule has 0 saturated carbocycles. The fraction of sp³-hybridized carbons (Fsp3) is 0.619. The quantitative estimate of drug-likeness (QED) is 0.634. The zero-order valence-electron chi connectivity index (χ0n) is 18.2. The van der Waals surface area contributed by atoms with Gasteiger partial charge in [-0.3, -0.25) is 0 Å². The van der Waals surface area contributed by atoms with Crippen LogP contribution in [0.1, 0.15) is 37.3 Å². The highest BCUT2D eigenvalue weighted by molar-refractivity contribution is 9.10. The number of sulfone groups is 1. The normalized spacial score (nSPS) is 23.2. The van der Waals surface area contributed by atoms with E-state index in [1.165, 1.54) is 30.6 Å². The Morgan fingerprint density at radius 3 is 2.55 bits per heavy atom. The van der Waals surface area contributed by atoms with Crippen LogP contribution in [0.15, 0.2) is 27.6 Å². The molecule has 0 spiro atoms. The second-order valence-corrected chi connectivity index (χ2v) is 12.4. The van der Waals surface area contributed by atoms with Gasteiger partial charge in [-0.2, -0.15) is 9.36 Å². The van der Waals surface area contributed by atoms with Crippen LogP contribution in [0.25, 0.3) is 0 Å². The van der Waals surface area contributed by atoms with Crippen molar-refractivity contribution < 1.29 is 8.42 Å². The molecule has 0 aliphatic carbocycles. The minimum atomic E-state index is -3.27. The van der Waals surface area contributed by atoms with Crippen molar-refractivity contribution in [3.05, 3.63) is 28.2 Å². The molecule has 2 aliphatic rings. The molecule has 170 valence electrons. The number of nitrogens with one attached hydrogen (secondary N) is 1. The zero-order chi connectivity index (χ0) is 22.2. The molecule has 2 atom stereocenters. The van der Waals surface area contributed by atoms with Crippen LogP contribution in [0.3, 0.4) is 0 Å². The standard InChI is InChI=1S/C21H30BrN5O2S2/c1-26(2)20-24-21(30-25-20)27-11-8-15(14-6-9-23-10-7-14)13-18(27)16-4-5-19(17(22)12-16)31(3,28)29/h4-5,12,14-15,18,23H,6-11,13H2,1-3H3/t15?,18-/m1/s1. The molecule has 0 radical (unpaired) electrons. The molecule has 1 aromatic carbocycles. The van der Waals surface area contributed by atoms with E-state index < -0.39 is 9.84 Å². The van der Waals surface area contributed by atoms with Gasteiger partial charge in [0.1, 0.15) is 0 Å². The number of nitrogens with zero attached hydrogens (tertiary/aromatic N) is 4. The van der Waals surface area contributed by atoms with Crippen molar-refractivity contribution in [1.82, 2.24) is 14.7 Å². The summed E-state index contributed by atoms with van der Waals surface area (Å²) in [5.74, 6) is 2.14. The molecule has 2 aromatic rings. The maximum atomic E-state index is 12.1. The molecule has 0 bridgehead atoms. The van der Waals surface area contributed by atoms with E-state index in [0.717, 1.165) is 55.0 Å². The first-order valence-electron chi connectivity index (χ1n) is 10.7. The van der Waals surface area contributed by atoms with Gasteiger partial charge in [0.2, 0.25) is 11.1 Å². The number of piperidine rings is 2. The van der Waals surface area contributed by atoms with E-state index >= 15 is 0 Å². The van der Waals surface area contributed by atoms with Crippen LogP contribution < -0.4 is 15.1 Å². The highest BCUT2D eigenvalue weighted by Gasteiger charge is 2.36. The highest BCUT2D eigenvalue weighted by Crippen LogP contribution is 2.43. The number of hydrogen-bond donors (Lipinski definition) is 1. The summed E-state index contributed by atoms with van der Waals surface area (Å²) < 4.78 is 29.3. The Kier molecular flexibility index (Phi) is 6.90. The molecule has 31 heavy (non-hydrogen) atoms. The molecular formula is C21H30BrN5O2S2. The van der Waals surface area contributed by atoms with Gasteiger partial charge in [0.15, 0.2) is 9.84 Å². The summed E-state index contributed by atoms with van der Waals surface area (Å²) >= 11 is 4.94. The molecule has 2 saturated heterocycles. The Balaban J connectivity index is 1.67. The van der Waals surface area contributed by atoms with Crippen molar-refractivity contribution in [3.8, 4) is 0 Å². The lowest BCUT2D eigenvalue weighted by Crippen LogP contribution is -2.41. The second-order valence-electron chi connectivity index (χ2n) is 8.81. The maximum absolute atomic E-state index is 12.1. The van der Waals surface area contributed by atoms with E-state index in [-0.39, 0.29) is 6.04 Å². The lowest BCUT2D eigenvalue weighted by molar-refractivity contribution is 0.200. The van der Waals surface area contributed by atoms with Crippen molar-refractivity contribution in [2.24, 2.45) is 11.8 Å². The van der Waals surface area contributed by atoms with E-state index in [0.29, 0.717) is 15.3 Å². The summed E-state index contributed by atoms with van der Waals surface area (Å²) in [4.78, 5) is 9.39. The summed E-state index contributed by atoms with van der Waals surface area (Å²) in [5, 5.41) is 4.41. The summed E-state index contributed by atoms with van der Waals surface area (Å²) in [6.07, 6.45) is 5.92. The van der Waals surface area contributed by atoms with Crippen molar-refractivity contribution in [3.63, 3.8) is 0 Å². The Morgan fingerprint density at radius 2 is 1.94 bits per heavy atom. The van der Waals surface area contributed by atoms with Crippen LogP contribution in [-0.2, 0) is 9.84 Å². The lowest BCUT2D eigenvalue weighted by Gasteiger charge is -2.43. The van der Waals surface area contributed by atoms with Crippen molar-refractivity contribution in [2.75, 3.05) is 49.8 Å². The van der Waals surface area contributed by atoms with Gasteiger partial charge in [-0.05, 0) is 84.2 Å².